The Hall–Kier alpha value is -2.65. The first kappa shape index (κ1) is 22.2. The third-order valence-electron chi connectivity index (χ3n) is 6.63. The van der Waals surface area contributed by atoms with E-state index in [0.29, 0.717) is 17.9 Å². The zero-order valence-electron chi connectivity index (χ0n) is 18.4. The van der Waals surface area contributed by atoms with Gasteiger partial charge in [0.1, 0.15) is 6.04 Å². The van der Waals surface area contributed by atoms with Crippen molar-refractivity contribution in [1.82, 2.24) is 14.3 Å². The van der Waals surface area contributed by atoms with Crippen LogP contribution in [0.3, 0.4) is 0 Å². The minimum Gasteiger partial charge on any atom is -0.324 e. The highest BCUT2D eigenvalue weighted by atomic mass is 32.2. The van der Waals surface area contributed by atoms with Crippen LogP contribution in [0.1, 0.15) is 32.1 Å². The van der Waals surface area contributed by atoms with Crippen molar-refractivity contribution in [2.24, 2.45) is 11.8 Å². The average Bonchev–Trinajstić information content (AvgIpc) is 3.50. The van der Waals surface area contributed by atoms with Crippen LogP contribution in [0.25, 0.3) is 16.2 Å². The lowest BCUT2D eigenvalue weighted by Gasteiger charge is -2.26. The van der Waals surface area contributed by atoms with Crippen molar-refractivity contribution < 1.29 is 14.4 Å². The fourth-order valence-corrected chi connectivity index (χ4v) is 6.08. The number of benzene rings is 1. The van der Waals surface area contributed by atoms with Gasteiger partial charge in [-0.1, -0.05) is 25.0 Å². The number of carbonyl (C=O) groups excluding carboxylic acids is 3. The molecular weight excluding hydrogens is 456 g/mol. The van der Waals surface area contributed by atoms with Gasteiger partial charge in [0.25, 0.3) is 0 Å². The molecule has 1 aromatic carbocycles. The maximum absolute atomic E-state index is 13.3. The van der Waals surface area contributed by atoms with Crippen LogP contribution in [0.2, 0.25) is 0 Å². The highest BCUT2D eigenvalue weighted by Crippen LogP contribution is 2.39. The van der Waals surface area contributed by atoms with Crippen LogP contribution >= 0.6 is 23.1 Å². The van der Waals surface area contributed by atoms with E-state index in [1.807, 2.05) is 52.7 Å². The van der Waals surface area contributed by atoms with Gasteiger partial charge < -0.3 is 5.32 Å². The van der Waals surface area contributed by atoms with E-state index in [0.717, 1.165) is 41.9 Å². The van der Waals surface area contributed by atoms with Crippen LogP contribution in [-0.2, 0) is 14.4 Å². The van der Waals surface area contributed by atoms with Gasteiger partial charge in [0, 0.05) is 29.0 Å². The Bertz CT molecular complexity index is 1130. The standard InChI is InChI=1S/C24H26N4O3S2/c1-32-12-10-20(28-22(30)17-4-2-3-5-18(17)23(28)31)21(29)25-16-8-6-15(7-9-16)19-14-27-11-13-33-24(27)26-19/h6-9,11,13-14,17-18,20H,2-5,10,12H2,1H3,(H,25,29)/t17-,18-,20-/m1/s1. The van der Waals surface area contributed by atoms with Gasteiger partial charge in [0.2, 0.25) is 17.7 Å². The second-order valence-corrected chi connectivity index (χ2v) is 10.5. The maximum atomic E-state index is 13.3. The zero-order chi connectivity index (χ0) is 22.9. The molecule has 33 heavy (non-hydrogen) atoms. The normalized spacial score (nSPS) is 21.4. The van der Waals surface area contributed by atoms with Gasteiger partial charge in [-0.05, 0) is 43.4 Å². The molecule has 2 aliphatic rings. The zero-order valence-corrected chi connectivity index (χ0v) is 20.0. The molecule has 1 saturated carbocycles. The van der Waals surface area contributed by atoms with E-state index in [9.17, 15) is 14.4 Å². The lowest BCUT2D eigenvalue weighted by Crippen LogP contribution is -2.48. The number of imidazole rings is 1. The Kier molecular flexibility index (Phi) is 6.25. The Morgan fingerprint density at radius 2 is 1.88 bits per heavy atom. The Morgan fingerprint density at radius 1 is 1.18 bits per heavy atom. The summed E-state index contributed by atoms with van der Waals surface area (Å²) < 4.78 is 1.98. The summed E-state index contributed by atoms with van der Waals surface area (Å²) in [6, 6.07) is 6.72. The number of anilines is 1. The number of aromatic nitrogens is 2. The molecule has 1 aliphatic carbocycles. The topological polar surface area (TPSA) is 83.8 Å². The molecule has 9 heteroatoms. The smallest absolute Gasteiger partial charge is 0.247 e. The Morgan fingerprint density at radius 3 is 2.52 bits per heavy atom. The number of thioether (sulfide) groups is 1. The monoisotopic (exact) mass is 482 g/mol. The summed E-state index contributed by atoms with van der Waals surface area (Å²) in [6.07, 6.45) is 9.78. The molecule has 172 valence electrons. The van der Waals surface area contributed by atoms with Gasteiger partial charge in [-0.25, -0.2) is 4.98 Å². The molecule has 3 heterocycles. The number of nitrogens with one attached hydrogen (secondary N) is 1. The SMILES string of the molecule is CSCC[C@H](C(=O)Nc1ccc(-c2cn3ccsc3n2)cc1)N1C(=O)[C@@H]2CCCC[C@H]2C1=O. The molecule has 3 aromatic rings. The first-order chi connectivity index (χ1) is 16.1. The first-order valence-electron chi connectivity index (χ1n) is 11.3. The molecular formula is C24H26N4O3S2. The molecule has 3 atom stereocenters. The van der Waals surface area contributed by atoms with Gasteiger partial charge in [-0.15, -0.1) is 11.3 Å². The molecule has 1 saturated heterocycles. The number of hydrogen-bond donors (Lipinski definition) is 1. The molecule has 1 N–H and O–H groups in total. The lowest BCUT2D eigenvalue weighted by atomic mass is 9.81. The number of hydrogen-bond acceptors (Lipinski definition) is 6. The Labute approximate surface area is 200 Å². The molecule has 2 fully saturated rings. The second-order valence-electron chi connectivity index (χ2n) is 8.63. The molecule has 2 aromatic heterocycles. The van der Waals surface area contributed by atoms with Gasteiger partial charge >= 0.3 is 0 Å². The van der Waals surface area contributed by atoms with Crippen LogP contribution in [0, 0.1) is 11.8 Å². The number of nitrogens with zero attached hydrogens (tertiary/aromatic N) is 3. The van der Waals surface area contributed by atoms with E-state index in [-0.39, 0.29) is 29.6 Å². The minimum absolute atomic E-state index is 0.166. The highest BCUT2D eigenvalue weighted by molar-refractivity contribution is 7.98. The van der Waals surface area contributed by atoms with E-state index in [4.69, 9.17) is 0 Å². The fraction of sp³-hybridized carbons (Fsp3) is 0.417. The lowest BCUT2D eigenvalue weighted by molar-refractivity contribution is -0.146. The third-order valence-corrected chi connectivity index (χ3v) is 8.04. The molecule has 0 radical (unpaired) electrons. The predicted molar refractivity (Wildman–Crippen MR) is 131 cm³/mol. The maximum Gasteiger partial charge on any atom is 0.247 e. The van der Waals surface area contributed by atoms with Crippen molar-refractivity contribution in [2.45, 2.75) is 38.1 Å². The first-order valence-corrected chi connectivity index (χ1v) is 13.5. The van der Waals surface area contributed by atoms with Crippen molar-refractivity contribution in [3.05, 3.63) is 42.0 Å². The summed E-state index contributed by atoms with van der Waals surface area (Å²) in [7, 11) is 0. The van der Waals surface area contributed by atoms with Crippen LogP contribution in [0.15, 0.2) is 42.0 Å². The average molecular weight is 483 g/mol. The van der Waals surface area contributed by atoms with Crippen molar-refractivity contribution in [2.75, 3.05) is 17.3 Å². The quantitative estimate of drug-likeness (QED) is 0.508. The van der Waals surface area contributed by atoms with Gasteiger partial charge in [0.15, 0.2) is 4.96 Å². The van der Waals surface area contributed by atoms with E-state index < -0.39 is 6.04 Å². The van der Waals surface area contributed by atoms with E-state index in [2.05, 4.69) is 10.3 Å². The number of carbonyl (C=O) groups is 3. The summed E-state index contributed by atoms with van der Waals surface area (Å²) in [5.74, 6) is -0.443. The summed E-state index contributed by atoms with van der Waals surface area (Å²) in [6.45, 7) is 0. The van der Waals surface area contributed by atoms with Crippen molar-refractivity contribution >= 4 is 51.5 Å². The van der Waals surface area contributed by atoms with Gasteiger partial charge in [0.05, 0.1) is 17.5 Å². The van der Waals surface area contributed by atoms with Crippen LogP contribution in [0.4, 0.5) is 5.69 Å². The summed E-state index contributed by atoms with van der Waals surface area (Å²) in [4.78, 5) is 46.2. The predicted octanol–water partition coefficient (Wildman–Crippen LogP) is 4.30. The van der Waals surface area contributed by atoms with E-state index in [1.165, 1.54) is 4.90 Å². The number of likely N-dealkylation sites (tertiary alicyclic amines) is 1. The van der Waals surface area contributed by atoms with Crippen molar-refractivity contribution in [3.63, 3.8) is 0 Å². The molecule has 0 bridgehead atoms. The Balaban J connectivity index is 1.33. The summed E-state index contributed by atoms with van der Waals surface area (Å²) >= 11 is 3.18. The summed E-state index contributed by atoms with van der Waals surface area (Å²) in [5, 5.41) is 4.92. The van der Waals surface area contributed by atoms with Crippen LogP contribution < -0.4 is 5.32 Å². The highest BCUT2D eigenvalue weighted by Gasteiger charge is 2.51. The van der Waals surface area contributed by atoms with Crippen LogP contribution in [0.5, 0.6) is 0 Å². The van der Waals surface area contributed by atoms with E-state index >= 15 is 0 Å². The van der Waals surface area contributed by atoms with Gasteiger partial charge in [-0.2, -0.15) is 11.8 Å². The number of thiazole rings is 1. The van der Waals surface area contributed by atoms with Gasteiger partial charge in [-0.3, -0.25) is 23.7 Å². The molecule has 5 rings (SSSR count). The second kappa shape index (κ2) is 9.30. The molecule has 0 spiro atoms. The van der Waals surface area contributed by atoms with Crippen LogP contribution in [-0.4, -0.2) is 50.1 Å². The number of fused-ring (bicyclic) bond motifs is 2. The molecule has 0 unspecified atom stereocenters. The molecule has 7 nitrogen and oxygen atoms in total. The molecule has 1 aliphatic heterocycles. The summed E-state index contributed by atoms with van der Waals surface area (Å²) in [5.41, 5.74) is 2.46. The minimum atomic E-state index is -0.775. The van der Waals surface area contributed by atoms with E-state index in [1.54, 1.807) is 23.1 Å². The number of amides is 3. The fourth-order valence-electron chi connectivity index (χ4n) is 4.92. The van der Waals surface area contributed by atoms with Crippen molar-refractivity contribution in [3.8, 4) is 11.3 Å². The van der Waals surface area contributed by atoms with Crippen molar-refractivity contribution in [1.29, 1.82) is 0 Å². The number of imide groups is 1. The number of rotatable bonds is 7. The third kappa shape index (κ3) is 4.19. The largest absolute Gasteiger partial charge is 0.324 e. The molecule has 3 amide bonds.